The molecule has 2 aromatic carbocycles. The van der Waals surface area contributed by atoms with Gasteiger partial charge in [-0.25, -0.2) is 9.78 Å². The number of carbonyl (C=O) groups is 1. The van der Waals surface area contributed by atoms with Gasteiger partial charge in [-0.3, -0.25) is 0 Å². The van der Waals surface area contributed by atoms with Crippen LogP contribution in [-0.4, -0.2) is 41.6 Å². The van der Waals surface area contributed by atoms with Gasteiger partial charge in [0.25, 0.3) is 0 Å². The summed E-state index contributed by atoms with van der Waals surface area (Å²) in [5.74, 6) is 1.31. The molecule has 1 aromatic heterocycles. The van der Waals surface area contributed by atoms with Gasteiger partial charge in [0.2, 0.25) is 0 Å². The molecule has 2 aliphatic heterocycles. The number of hydrogen-bond donors (Lipinski definition) is 1. The summed E-state index contributed by atoms with van der Waals surface area (Å²) in [5.41, 5.74) is 5.10. The van der Waals surface area contributed by atoms with Gasteiger partial charge in [0, 0.05) is 43.0 Å². The lowest BCUT2D eigenvalue weighted by atomic mass is 10.1. The predicted molar refractivity (Wildman–Crippen MR) is 112 cm³/mol. The first-order valence-corrected chi connectivity index (χ1v) is 10.6. The second-order valence-electron chi connectivity index (χ2n) is 8.42. The van der Waals surface area contributed by atoms with Crippen LogP contribution in [-0.2, 0) is 6.42 Å². The molecular weight excluding hydrogens is 364 g/mol. The SMILES string of the molecule is O=C(Nc1ccc2nc(C3CC3)oc2c1)N1CCCN2c3ccccc3CC2C1. The van der Waals surface area contributed by atoms with Crippen molar-refractivity contribution in [3.05, 3.63) is 53.9 Å². The largest absolute Gasteiger partial charge is 0.440 e. The minimum absolute atomic E-state index is 0.0379. The molecule has 1 saturated carbocycles. The van der Waals surface area contributed by atoms with Crippen LogP contribution in [0.25, 0.3) is 11.1 Å². The van der Waals surface area contributed by atoms with E-state index in [1.165, 1.54) is 11.3 Å². The third-order valence-electron chi connectivity index (χ3n) is 6.33. The van der Waals surface area contributed by atoms with Gasteiger partial charge in [0.1, 0.15) is 5.52 Å². The number of hydrogen-bond acceptors (Lipinski definition) is 4. The van der Waals surface area contributed by atoms with Crippen molar-refractivity contribution in [3.8, 4) is 0 Å². The van der Waals surface area contributed by atoms with E-state index in [-0.39, 0.29) is 6.03 Å². The Labute approximate surface area is 169 Å². The number of oxazole rings is 1. The molecule has 3 aromatic rings. The van der Waals surface area contributed by atoms with Crippen molar-refractivity contribution in [2.75, 3.05) is 29.9 Å². The van der Waals surface area contributed by atoms with Crippen molar-refractivity contribution in [1.82, 2.24) is 9.88 Å². The van der Waals surface area contributed by atoms with E-state index in [2.05, 4.69) is 39.5 Å². The van der Waals surface area contributed by atoms with Gasteiger partial charge in [-0.15, -0.1) is 0 Å². The molecule has 1 N–H and O–H groups in total. The summed E-state index contributed by atoms with van der Waals surface area (Å²) in [6.07, 6.45) is 4.30. The second kappa shape index (κ2) is 6.51. The summed E-state index contributed by atoms with van der Waals surface area (Å²) in [6.45, 7) is 2.52. The van der Waals surface area contributed by atoms with Crippen LogP contribution >= 0.6 is 0 Å². The molecule has 0 spiro atoms. The first kappa shape index (κ1) is 16.9. The average molecular weight is 388 g/mol. The molecule has 6 nitrogen and oxygen atoms in total. The van der Waals surface area contributed by atoms with Gasteiger partial charge in [0.15, 0.2) is 11.5 Å². The molecule has 148 valence electrons. The topological polar surface area (TPSA) is 61.6 Å². The van der Waals surface area contributed by atoms with E-state index < -0.39 is 0 Å². The van der Waals surface area contributed by atoms with Gasteiger partial charge in [-0.1, -0.05) is 18.2 Å². The van der Waals surface area contributed by atoms with Crippen molar-refractivity contribution in [1.29, 1.82) is 0 Å². The normalized spacial score (nSPS) is 21.0. The number of para-hydroxylation sites is 1. The highest BCUT2D eigenvalue weighted by molar-refractivity contribution is 5.91. The molecule has 1 aliphatic carbocycles. The van der Waals surface area contributed by atoms with Crippen molar-refractivity contribution in [2.24, 2.45) is 0 Å². The maximum absolute atomic E-state index is 13.0. The maximum atomic E-state index is 13.0. The molecule has 6 rings (SSSR count). The Kier molecular flexibility index (Phi) is 3.79. The monoisotopic (exact) mass is 388 g/mol. The van der Waals surface area contributed by atoms with Crippen LogP contribution in [0.2, 0.25) is 0 Å². The van der Waals surface area contributed by atoms with Gasteiger partial charge in [-0.05, 0) is 49.4 Å². The fraction of sp³-hybridized carbons (Fsp3) is 0.391. The lowest BCUT2D eigenvalue weighted by Gasteiger charge is -2.27. The Morgan fingerprint density at radius 1 is 1.14 bits per heavy atom. The molecule has 0 radical (unpaired) electrons. The van der Waals surface area contributed by atoms with E-state index in [0.29, 0.717) is 12.0 Å². The zero-order valence-electron chi connectivity index (χ0n) is 16.3. The summed E-state index contributed by atoms with van der Waals surface area (Å²) < 4.78 is 5.89. The number of amides is 2. The van der Waals surface area contributed by atoms with Crippen molar-refractivity contribution >= 4 is 28.5 Å². The number of benzene rings is 2. The summed E-state index contributed by atoms with van der Waals surface area (Å²) in [4.78, 5) is 22.0. The van der Waals surface area contributed by atoms with Crippen molar-refractivity contribution < 1.29 is 9.21 Å². The van der Waals surface area contributed by atoms with Gasteiger partial charge < -0.3 is 19.5 Å². The summed E-state index contributed by atoms with van der Waals surface area (Å²) >= 11 is 0. The smallest absolute Gasteiger partial charge is 0.321 e. The van der Waals surface area contributed by atoms with Gasteiger partial charge in [0.05, 0.1) is 6.04 Å². The van der Waals surface area contributed by atoms with E-state index in [9.17, 15) is 4.79 Å². The minimum Gasteiger partial charge on any atom is -0.440 e. The Morgan fingerprint density at radius 2 is 2.03 bits per heavy atom. The number of aromatic nitrogens is 1. The van der Waals surface area contributed by atoms with Crippen LogP contribution < -0.4 is 10.2 Å². The molecule has 1 atom stereocenters. The Balaban J connectivity index is 1.18. The van der Waals surface area contributed by atoms with Crippen molar-refractivity contribution in [2.45, 2.75) is 37.6 Å². The number of nitrogens with one attached hydrogen (secondary N) is 1. The van der Waals surface area contributed by atoms with Gasteiger partial charge >= 0.3 is 6.03 Å². The standard InChI is InChI=1S/C23H24N4O2/c28-23(24-17-8-9-19-21(13-17)29-22(25-19)15-6-7-15)26-10-3-11-27-18(14-26)12-16-4-1-2-5-20(16)27/h1-2,4-5,8-9,13,15,18H,3,6-7,10-12,14H2,(H,24,28). The highest BCUT2D eigenvalue weighted by Gasteiger charge is 2.33. The van der Waals surface area contributed by atoms with Crippen LogP contribution in [0.1, 0.15) is 36.6 Å². The van der Waals surface area contributed by atoms with E-state index in [4.69, 9.17) is 4.42 Å². The molecule has 1 saturated heterocycles. The summed E-state index contributed by atoms with van der Waals surface area (Å²) in [5, 5.41) is 3.07. The Morgan fingerprint density at radius 3 is 2.93 bits per heavy atom. The third kappa shape index (κ3) is 3.03. The number of urea groups is 1. The molecule has 2 fully saturated rings. The lowest BCUT2D eigenvalue weighted by Crippen LogP contribution is -2.43. The van der Waals surface area contributed by atoms with Crippen LogP contribution in [0.3, 0.4) is 0 Å². The van der Waals surface area contributed by atoms with E-state index in [1.54, 1.807) is 0 Å². The zero-order valence-corrected chi connectivity index (χ0v) is 16.3. The molecule has 29 heavy (non-hydrogen) atoms. The quantitative estimate of drug-likeness (QED) is 0.708. The third-order valence-corrected chi connectivity index (χ3v) is 6.33. The van der Waals surface area contributed by atoms with E-state index in [0.717, 1.165) is 68.0 Å². The Hall–Kier alpha value is -3.02. The molecular formula is C23H24N4O2. The highest BCUT2D eigenvalue weighted by atomic mass is 16.3. The van der Waals surface area contributed by atoms with Crippen LogP contribution in [0.5, 0.6) is 0 Å². The maximum Gasteiger partial charge on any atom is 0.321 e. The van der Waals surface area contributed by atoms with Crippen molar-refractivity contribution in [3.63, 3.8) is 0 Å². The zero-order chi connectivity index (χ0) is 19.4. The summed E-state index contributed by atoms with van der Waals surface area (Å²) in [7, 11) is 0. The second-order valence-corrected chi connectivity index (χ2v) is 8.42. The summed E-state index contributed by atoms with van der Waals surface area (Å²) in [6, 6.07) is 14.7. The molecule has 1 unspecified atom stereocenters. The minimum atomic E-state index is -0.0379. The molecule has 2 amide bonds. The van der Waals surface area contributed by atoms with Crippen LogP contribution in [0, 0.1) is 0 Å². The van der Waals surface area contributed by atoms with Gasteiger partial charge in [-0.2, -0.15) is 0 Å². The number of anilines is 2. The fourth-order valence-corrected chi connectivity index (χ4v) is 4.68. The molecule has 6 heteroatoms. The molecule has 3 aliphatic rings. The highest BCUT2D eigenvalue weighted by Crippen LogP contribution is 2.40. The molecule has 3 heterocycles. The number of fused-ring (bicyclic) bond motifs is 4. The lowest BCUT2D eigenvalue weighted by molar-refractivity contribution is 0.211. The number of nitrogens with zero attached hydrogens (tertiary/aromatic N) is 3. The fourth-order valence-electron chi connectivity index (χ4n) is 4.68. The number of rotatable bonds is 2. The first-order chi connectivity index (χ1) is 14.2. The Bertz CT molecular complexity index is 1090. The number of carbonyl (C=O) groups excluding carboxylic acids is 1. The molecule has 0 bridgehead atoms. The average Bonchev–Trinajstić information content (AvgIpc) is 3.45. The first-order valence-electron chi connectivity index (χ1n) is 10.6. The van der Waals surface area contributed by atoms with E-state index in [1.807, 2.05) is 23.1 Å². The van der Waals surface area contributed by atoms with Crippen LogP contribution in [0.4, 0.5) is 16.2 Å². The van der Waals surface area contributed by atoms with Crippen LogP contribution in [0.15, 0.2) is 46.9 Å². The predicted octanol–water partition coefficient (Wildman–Crippen LogP) is 4.37. The van der Waals surface area contributed by atoms with E-state index >= 15 is 0 Å².